The Kier molecular flexibility index (Phi) is 6.81. The molecule has 0 saturated carbocycles. The van der Waals surface area contributed by atoms with Crippen molar-refractivity contribution in [2.24, 2.45) is 5.10 Å². The highest BCUT2D eigenvalue weighted by Crippen LogP contribution is 2.36. The standard InChI is InChI=1S/C22H18Br2N4O4/c1-5-8-32-19-16(24)9-13(10-18(19)28(30)31)12-25-27-20(29)15-11-14(23)6-7-17(15)26-21(27)22(2,3)4/h1,6-7,9-12H,8H2,2-4H3. The summed E-state index contributed by atoms with van der Waals surface area (Å²) >= 11 is 6.65. The Bertz CT molecular complexity index is 1350. The predicted molar refractivity (Wildman–Crippen MR) is 131 cm³/mol. The number of nitrogens with zero attached hydrogens (tertiary/aromatic N) is 4. The number of nitro benzene ring substituents is 1. The van der Waals surface area contributed by atoms with E-state index in [-0.39, 0.29) is 23.6 Å². The van der Waals surface area contributed by atoms with Crippen molar-refractivity contribution in [3.63, 3.8) is 0 Å². The normalized spacial score (nSPS) is 11.6. The van der Waals surface area contributed by atoms with Gasteiger partial charge in [0.2, 0.25) is 5.75 Å². The van der Waals surface area contributed by atoms with E-state index in [0.717, 1.165) is 4.47 Å². The molecule has 8 nitrogen and oxygen atoms in total. The quantitative estimate of drug-likeness (QED) is 0.188. The fraction of sp³-hybridized carbons (Fsp3) is 0.227. The molecule has 3 aromatic rings. The van der Waals surface area contributed by atoms with Crippen LogP contribution >= 0.6 is 31.9 Å². The van der Waals surface area contributed by atoms with Gasteiger partial charge in [-0.15, -0.1) is 6.42 Å². The molecule has 3 rings (SSSR count). The summed E-state index contributed by atoms with van der Waals surface area (Å²) in [7, 11) is 0. The summed E-state index contributed by atoms with van der Waals surface area (Å²) in [5, 5.41) is 16.3. The number of ether oxygens (including phenoxy) is 1. The van der Waals surface area contributed by atoms with Crippen LogP contribution in [0.5, 0.6) is 5.75 Å². The number of hydrogen-bond acceptors (Lipinski definition) is 6. The average Bonchev–Trinajstić information content (AvgIpc) is 2.71. The van der Waals surface area contributed by atoms with Crippen LogP contribution in [-0.2, 0) is 5.41 Å². The molecule has 0 saturated heterocycles. The van der Waals surface area contributed by atoms with E-state index in [0.29, 0.717) is 26.8 Å². The van der Waals surface area contributed by atoms with Gasteiger partial charge in [0.15, 0.2) is 0 Å². The van der Waals surface area contributed by atoms with Crippen molar-refractivity contribution in [1.82, 2.24) is 9.66 Å². The molecule has 32 heavy (non-hydrogen) atoms. The second-order valence-electron chi connectivity index (χ2n) is 7.81. The summed E-state index contributed by atoms with van der Waals surface area (Å²) in [5.74, 6) is 2.75. The number of nitro groups is 1. The molecule has 164 valence electrons. The first-order valence-electron chi connectivity index (χ1n) is 9.34. The topological polar surface area (TPSA) is 99.6 Å². The number of terminal acetylenes is 1. The van der Waals surface area contributed by atoms with Crippen LogP contribution in [0.2, 0.25) is 0 Å². The number of benzene rings is 2. The molecular formula is C22H18Br2N4O4. The van der Waals surface area contributed by atoms with Crippen LogP contribution in [0.1, 0.15) is 32.2 Å². The van der Waals surface area contributed by atoms with Crippen LogP contribution in [0.25, 0.3) is 10.9 Å². The fourth-order valence-electron chi connectivity index (χ4n) is 2.93. The maximum Gasteiger partial charge on any atom is 0.312 e. The van der Waals surface area contributed by atoms with Crippen molar-refractivity contribution in [2.75, 3.05) is 6.61 Å². The van der Waals surface area contributed by atoms with Gasteiger partial charge in [-0.2, -0.15) is 9.78 Å². The van der Waals surface area contributed by atoms with Gasteiger partial charge in [0.05, 0.1) is 26.5 Å². The van der Waals surface area contributed by atoms with Crippen LogP contribution in [0.4, 0.5) is 5.69 Å². The van der Waals surface area contributed by atoms with E-state index in [2.05, 4.69) is 47.9 Å². The zero-order valence-corrected chi connectivity index (χ0v) is 20.6. The van der Waals surface area contributed by atoms with Gasteiger partial charge >= 0.3 is 5.69 Å². The van der Waals surface area contributed by atoms with E-state index >= 15 is 0 Å². The smallest absolute Gasteiger partial charge is 0.312 e. The van der Waals surface area contributed by atoms with Gasteiger partial charge in [0.25, 0.3) is 5.56 Å². The molecule has 0 spiro atoms. The lowest BCUT2D eigenvalue weighted by Gasteiger charge is -2.20. The van der Waals surface area contributed by atoms with E-state index in [1.165, 1.54) is 17.0 Å². The van der Waals surface area contributed by atoms with E-state index < -0.39 is 10.3 Å². The van der Waals surface area contributed by atoms with Crippen molar-refractivity contribution in [3.05, 3.63) is 71.1 Å². The van der Waals surface area contributed by atoms with E-state index in [4.69, 9.17) is 11.2 Å². The molecule has 0 fully saturated rings. The van der Waals surface area contributed by atoms with Crippen molar-refractivity contribution >= 4 is 54.7 Å². The highest BCUT2D eigenvalue weighted by atomic mass is 79.9. The van der Waals surface area contributed by atoms with Gasteiger partial charge in [-0.1, -0.05) is 42.6 Å². The highest BCUT2D eigenvalue weighted by Gasteiger charge is 2.23. The largest absolute Gasteiger partial charge is 0.473 e. The maximum absolute atomic E-state index is 13.2. The number of halogens is 2. The first kappa shape index (κ1) is 23.6. The van der Waals surface area contributed by atoms with Crippen molar-refractivity contribution in [2.45, 2.75) is 26.2 Å². The number of fused-ring (bicyclic) bond motifs is 1. The minimum atomic E-state index is -0.574. The lowest BCUT2D eigenvalue weighted by Crippen LogP contribution is -2.29. The van der Waals surface area contributed by atoms with Gasteiger partial charge in [-0.3, -0.25) is 14.9 Å². The van der Waals surface area contributed by atoms with Crippen molar-refractivity contribution in [1.29, 1.82) is 0 Å². The molecule has 0 atom stereocenters. The minimum Gasteiger partial charge on any atom is -0.473 e. The van der Waals surface area contributed by atoms with Crippen LogP contribution in [0.15, 0.2) is 49.2 Å². The monoisotopic (exact) mass is 560 g/mol. The van der Waals surface area contributed by atoms with Crippen LogP contribution < -0.4 is 10.3 Å². The molecule has 0 unspecified atom stereocenters. The zero-order chi connectivity index (χ0) is 23.6. The fourth-order valence-corrected chi connectivity index (χ4v) is 3.87. The third kappa shape index (κ3) is 4.89. The lowest BCUT2D eigenvalue weighted by molar-refractivity contribution is -0.385. The summed E-state index contributed by atoms with van der Waals surface area (Å²) in [6.45, 7) is 5.65. The molecule has 0 amide bonds. The summed E-state index contributed by atoms with van der Waals surface area (Å²) in [5.41, 5.74) is -0.169. The summed E-state index contributed by atoms with van der Waals surface area (Å²) < 4.78 is 7.60. The molecule has 2 aromatic carbocycles. The third-order valence-electron chi connectivity index (χ3n) is 4.34. The van der Waals surface area contributed by atoms with Gasteiger partial charge in [0.1, 0.15) is 12.4 Å². The Balaban J connectivity index is 2.18. The molecule has 0 N–H and O–H groups in total. The number of aromatic nitrogens is 2. The SMILES string of the molecule is C#CCOc1c(Br)cc(C=Nn2c(C(C)(C)C)nc3ccc(Br)cc3c2=O)cc1[N+](=O)[O-]. The van der Waals surface area contributed by atoms with E-state index in [1.54, 1.807) is 18.2 Å². The molecule has 0 aliphatic carbocycles. The molecule has 0 bridgehead atoms. The van der Waals surface area contributed by atoms with Crippen molar-refractivity contribution in [3.8, 4) is 18.1 Å². The Labute approximate surface area is 200 Å². The van der Waals surface area contributed by atoms with Crippen LogP contribution in [0.3, 0.4) is 0 Å². The van der Waals surface area contributed by atoms with E-state index in [9.17, 15) is 14.9 Å². The van der Waals surface area contributed by atoms with Gasteiger partial charge in [-0.05, 0) is 40.2 Å². The Morgan fingerprint density at radius 3 is 2.66 bits per heavy atom. The molecule has 0 aliphatic heterocycles. The third-order valence-corrected chi connectivity index (χ3v) is 5.43. The van der Waals surface area contributed by atoms with Gasteiger partial charge in [0, 0.05) is 21.5 Å². The lowest BCUT2D eigenvalue weighted by atomic mass is 9.95. The molecule has 0 aliphatic rings. The second-order valence-corrected chi connectivity index (χ2v) is 9.58. The Morgan fingerprint density at radius 2 is 2.03 bits per heavy atom. The Hall–Kier alpha value is -3.03. The number of rotatable bonds is 5. The zero-order valence-electron chi connectivity index (χ0n) is 17.4. The summed E-state index contributed by atoms with van der Waals surface area (Å²) in [6.07, 6.45) is 6.55. The molecule has 10 heteroatoms. The molecular weight excluding hydrogens is 544 g/mol. The second kappa shape index (κ2) is 9.22. The minimum absolute atomic E-state index is 0.0230. The van der Waals surface area contributed by atoms with Crippen molar-refractivity contribution < 1.29 is 9.66 Å². The highest BCUT2D eigenvalue weighted by molar-refractivity contribution is 9.10. The number of hydrogen-bond donors (Lipinski definition) is 0. The predicted octanol–water partition coefficient (Wildman–Crippen LogP) is 5.02. The average molecular weight is 562 g/mol. The van der Waals surface area contributed by atoms with E-state index in [1.807, 2.05) is 26.8 Å². The van der Waals surface area contributed by atoms with Gasteiger partial charge in [-0.25, -0.2) is 4.98 Å². The molecule has 1 aromatic heterocycles. The first-order chi connectivity index (χ1) is 15.0. The molecule has 1 heterocycles. The molecule has 0 radical (unpaired) electrons. The van der Waals surface area contributed by atoms with Crippen LogP contribution in [0, 0.1) is 22.5 Å². The maximum atomic E-state index is 13.2. The summed E-state index contributed by atoms with van der Waals surface area (Å²) in [4.78, 5) is 28.8. The van der Waals surface area contributed by atoms with Crippen LogP contribution in [-0.4, -0.2) is 27.4 Å². The summed E-state index contributed by atoms with van der Waals surface area (Å²) in [6, 6.07) is 8.15. The first-order valence-corrected chi connectivity index (χ1v) is 10.9. The Morgan fingerprint density at radius 1 is 1.31 bits per heavy atom. The van der Waals surface area contributed by atoms with Gasteiger partial charge < -0.3 is 4.74 Å².